The third kappa shape index (κ3) is 5.57. The van der Waals surface area contributed by atoms with E-state index in [0.717, 1.165) is 36.6 Å². The number of benzene rings is 2. The number of para-hydroxylation sites is 2. The predicted molar refractivity (Wildman–Crippen MR) is 128 cm³/mol. The van der Waals surface area contributed by atoms with Gasteiger partial charge in [-0.1, -0.05) is 30.3 Å². The molecule has 2 N–H and O–H groups in total. The molecule has 0 spiro atoms. The zero-order chi connectivity index (χ0) is 24.1. The Bertz CT molecular complexity index is 1300. The van der Waals surface area contributed by atoms with Crippen molar-refractivity contribution < 1.29 is 18.1 Å². The molecule has 1 aliphatic carbocycles. The lowest BCUT2D eigenvalue weighted by Crippen LogP contribution is -2.34. The highest BCUT2D eigenvalue weighted by molar-refractivity contribution is 7.89. The molecule has 1 aliphatic rings. The van der Waals surface area contributed by atoms with Gasteiger partial charge in [-0.15, -0.1) is 0 Å². The lowest BCUT2D eigenvalue weighted by molar-refractivity contribution is -0.387. The molecule has 34 heavy (non-hydrogen) atoms. The molecule has 0 bridgehead atoms. The third-order valence-electron chi connectivity index (χ3n) is 6.28. The van der Waals surface area contributed by atoms with Gasteiger partial charge in [-0.05, 0) is 55.7 Å². The number of rotatable bonds is 8. The molecule has 1 aromatic heterocycles. The van der Waals surface area contributed by atoms with Crippen molar-refractivity contribution in [3.63, 3.8) is 0 Å². The van der Waals surface area contributed by atoms with Crippen molar-refractivity contribution in [3.05, 3.63) is 76.5 Å². The second-order valence-corrected chi connectivity index (χ2v) is 10.3. The minimum atomic E-state index is -3.97. The molecule has 2 aromatic carbocycles. The van der Waals surface area contributed by atoms with E-state index in [4.69, 9.17) is 0 Å². The van der Waals surface area contributed by atoms with Crippen molar-refractivity contribution in [1.29, 1.82) is 0 Å². The fourth-order valence-electron chi connectivity index (χ4n) is 4.31. The summed E-state index contributed by atoms with van der Waals surface area (Å²) in [4.78, 5) is 27.0. The molecule has 1 saturated carbocycles. The standard InChI is InChI=1S/C24H26N4O5S/c29-24(20-13-19-5-1-2-6-21(19)25-16-20)26-14-17-9-11-18(12-10-17)15-27-34(32,33)23-8-4-3-7-22(23)28(30)31/h1-8,13,16-18,27H,9-12,14-15H2,(H,26,29). The Kier molecular flexibility index (Phi) is 7.18. The maximum absolute atomic E-state index is 12.6. The van der Waals surface area contributed by atoms with Gasteiger partial charge in [0.25, 0.3) is 11.6 Å². The molecule has 0 radical (unpaired) electrons. The molecule has 0 unspecified atom stereocenters. The molecule has 1 heterocycles. The van der Waals surface area contributed by atoms with E-state index >= 15 is 0 Å². The van der Waals surface area contributed by atoms with Crippen LogP contribution in [0.25, 0.3) is 10.9 Å². The monoisotopic (exact) mass is 482 g/mol. The Balaban J connectivity index is 1.25. The fourth-order valence-corrected chi connectivity index (χ4v) is 5.60. The summed E-state index contributed by atoms with van der Waals surface area (Å²) in [5.41, 5.74) is 0.933. The summed E-state index contributed by atoms with van der Waals surface area (Å²) in [6.45, 7) is 0.788. The van der Waals surface area contributed by atoms with Crippen LogP contribution >= 0.6 is 0 Å². The molecular formula is C24H26N4O5S. The van der Waals surface area contributed by atoms with Crippen LogP contribution in [0.1, 0.15) is 36.0 Å². The van der Waals surface area contributed by atoms with Gasteiger partial charge in [0, 0.05) is 30.7 Å². The highest BCUT2D eigenvalue weighted by atomic mass is 32.2. The van der Waals surface area contributed by atoms with Crippen LogP contribution in [0.5, 0.6) is 0 Å². The van der Waals surface area contributed by atoms with Crippen molar-refractivity contribution in [1.82, 2.24) is 15.0 Å². The average Bonchev–Trinajstić information content (AvgIpc) is 2.86. The number of nitro benzene ring substituents is 1. The molecule has 4 rings (SSSR count). The van der Waals surface area contributed by atoms with Crippen LogP contribution in [-0.2, 0) is 10.0 Å². The maximum atomic E-state index is 12.6. The number of nitrogens with one attached hydrogen (secondary N) is 2. The average molecular weight is 483 g/mol. The van der Waals surface area contributed by atoms with Gasteiger partial charge >= 0.3 is 0 Å². The maximum Gasteiger partial charge on any atom is 0.289 e. The number of carbonyl (C=O) groups excluding carboxylic acids is 1. The van der Waals surface area contributed by atoms with Gasteiger partial charge in [-0.2, -0.15) is 0 Å². The van der Waals surface area contributed by atoms with Crippen molar-refractivity contribution in [2.75, 3.05) is 13.1 Å². The van der Waals surface area contributed by atoms with Crippen LogP contribution in [0.3, 0.4) is 0 Å². The first-order chi connectivity index (χ1) is 16.3. The molecule has 0 saturated heterocycles. The quantitative estimate of drug-likeness (QED) is 0.372. The highest BCUT2D eigenvalue weighted by Crippen LogP contribution is 2.29. The lowest BCUT2D eigenvalue weighted by Gasteiger charge is -2.28. The number of aromatic nitrogens is 1. The van der Waals surface area contributed by atoms with E-state index in [2.05, 4.69) is 15.0 Å². The van der Waals surface area contributed by atoms with Gasteiger partial charge in [0.15, 0.2) is 4.90 Å². The molecular weight excluding hydrogens is 456 g/mol. The van der Waals surface area contributed by atoms with E-state index in [1.54, 1.807) is 6.20 Å². The molecule has 9 nitrogen and oxygen atoms in total. The lowest BCUT2D eigenvalue weighted by atomic mass is 9.82. The summed E-state index contributed by atoms with van der Waals surface area (Å²) in [7, 11) is -3.97. The number of carbonyl (C=O) groups is 1. The van der Waals surface area contributed by atoms with Gasteiger partial charge in [0.1, 0.15) is 0 Å². The Labute approximate surface area is 197 Å². The van der Waals surface area contributed by atoms with Gasteiger partial charge in [-0.25, -0.2) is 13.1 Å². The molecule has 178 valence electrons. The predicted octanol–water partition coefficient (Wildman–Crippen LogP) is 3.66. The second kappa shape index (κ2) is 10.3. The molecule has 0 aliphatic heterocycles. The summed E-state index contributed by atoms with van der Waals surface area (Å²) >= 11 is 0. The van der Waals surface area contributed by atoms with E-state index in [0.29, 0.717) is 18.0 Å². The van der Waals surface area contributed by atoms with Crippen LogP contribution in [0.15, 0.2) is 65.7 Å². The van der Waals surface area contributed by atoms with E-state index in [1.807, 2.05) is 30.3 Å². The SMILES string of the molecule is O=C(NCC1CCC(CNS(=O)(=O)c2ccccc2[N+](=O)[O-])CC1)c1cnc2ccccc2c1. The van der Waals surface area contributed by atoms with Crippen LogP contribution < -0.4 is 10.0 Å². The number of nitro groups is 1. The number of hydrogen-bond donors (Lipinski definition) is 2. The van der Waals surface area contributed by atoms with Crippen LogP contribution in [0.2, 0.25) is 0 Å². The van der Waals surface area contributed by atoms with E-state index in [-0.39, 0.29) is 23.3 Å². The van der Waals surface area contributed by atoms with Gasteiger partial charge < -0.3 is 5.32 Å². The van der Waals surface area contributed by atoms with Crippen molar-refractivity contribution >= 4 is 32.5 Å². The molecule has 1 amide bonds. The minimum Gasteiger partial charge on any atom is -0.352 e. The molecule has 1 fully saturated rings. The zero-order valence-electron chi connectivity index (χ0n) is 18.5. The molecule has 0 atom stereocenters. The van der Waals surface area contributed by atoms with E-state index in [1.165, 1.54) is 24.3 Å². The van der Waals surface area contributed by atoms with Crippen LogP contribution in [-0.4, -0.2) is 37.3 Å². The smallest absolute Gasteiger partial charge is 0.289 e. The first-order valence-corrected chi connectivity index (χ1v) is 12.7. The number of hydrogen-bond acceptors (Lipinski definition) is 6. The Hall–Kier alpha value is -3.37. The molecule has 10 heteroatoms. The van der Waals surface area contributed by atoms with E-state index < -0.39 is 20.6 Å². The topological polar surface area (TPSA) is 131 Å². The van der Waals surface area contributed by atoms with Crippen molar-refractivity contribution in [2.45, 2.75) is 30.6 Å². The number of amides is 1. The number of pyridine rings is 1. The highest BCUT2D eigenvalue weighted by Gasteiger charge is 2.27. The summed E-state index contributed by atoms with van der Waals surface area (Å²) in [5.74, 6) is 0.312. The van der Waals surface area contributed by atoms with Crippen molar-refractivity contribution in [2.24, 2.45) is 11.8 Å². The number of fused-ring (bicyclic) bond motifs is 1. The number of nitrogens with zero attached hydrogens (tertiary/aromatic N) is 2. The second-order valence-electron chi connectivity index (χ2n) is 8.59. The zero-order valence-corrected chi connectivity index (χ0v) is 19.3. The van der Waals surface area contributed by atoms with Crippen molar-refractivity contribution in [3.8, 4) is 0 Å². The number of sulfonamides is 1. The Morgan fingerprint density at radius 1 is 1.00 bits per heavy atom. The molecule has 3 aromatic rings. The third-order valence-corrected chi connectivity index (χ3v) is 7.75. The minimum absolute atomic E-state index is 0.147. The van der Waals surface area contributed by atoms with E-state index in [9.17, 15) is 23.3 Å². The van der Waals surface area contributed by atoms with Gasteiger partial charge in [0.05, 0.1) is 16.0 Å². The first kappa shape index (κ1) is 23.8. The fraction of sp³-hybridized carbons (Fsp3) is 0.333. The summed E-state index contributed by atoms with van der Waals surface area (Å²) < 4.78 is 27.7. The normalized spacial score (nSPS) is 18.5. The van der Waals surface area contributed by atoms with Gasteiger partial charge in [-0.3, -0.25) is 19.9 Å². The summed E-state index contributed by atoms with van der Waals surface area (Å²) in [5, 5.41) is 15.1. The Morgan fingerprint density at radius 2 is 1.65 bits per heavy atom. The first-order valence-electron chi connectivity index (χ1n) is 11.2. The van der Waals surface area contributed by atoms with Crippen LogP contribution in [0.4, 0.5) is 5.69 Å². The summed E-state index contributed by atoms with van der Waals surface area (Å²) in [6.07, 6.45) is 4.95. The largest absolute Gasteiger partial charge is 0.352 e. The Morgan fingerprint density at radius 3 is 2.38 bits per heavy atom. The summed E-state index contributed by atoms with van der Waals surface area (Å²) in [6, 6.07) is 14.8. The van der Waals surface area contributed by atoms with Gasteiger partial charge in [0.2, 0.25) is 10.0 Å². The van der Waals surface area contributed by atoms with Crippen LogP contribution in [0, 0.1) is 22.0 Å².